The predicted octanol–water partition coefficient (Wildman–Crippen LogP) is 0.766. The van der Waals surface area contributed by atoms with Crippen LogP contribution in [0.25, 0.3) is 0 Å². The summed E-state index contributed by atoms with van der Waals surface area (Å²) >= 11 is 0. The summed E-state index contributed by atoms with van der Waals surface area (Å²) in [6, 6.07) is 2.80. The summed E-state index contributed by atoms with van der Waals surface area (Å²) in [7, 11) is 1.70. The van der Waals surface area contributed by atoms with Crippen molar-refractivity contribution in [3.05, 3.63) is 42.2 Å². The van der Waals surface area contributed by atoms with Gasteiger partial charge >= 0.3 is 5.97 Å². The average Bonchev–Trinajstić information content (AvgIpc) is 2.76. The molecule has 0 saturated heterocycles. The minimum Gasteiger partial charge on any atom is -0.477 e. The number of hydrogen-bond acceptors (Lipinski definition) is 4. The van der Waals surface area contributed by atoms with Crippen molar-refractivity contribution in [2.24, 2.45) is 7.05 Å². The van der Waals surface area contributed by atoms with Crippen LogP contribution in [0, 0.1) is 0 Å². The van der Waals surface area contributed by atoms with Gasteiger partial charge in [0.05, 0.1) is 24.4 Å². The zero-order chi connectivity index (χ0) is 13.1. The Morgan fingerprint density at radius 3 is 2.61 bits per heavy atom. The van der Waals surface area contributed by atoms with Gasteiger partial charge in [-0.1, -0.05) is 0 Å². The Labute approximate surface area is 102 Å². The normalized spacial score (nSPS) is 10.1. The molecule has 0 aromatic carbocycles. The van der Waals surface area contributed by atoms with Crippen molar-refractivity contribution in [1.29, 1.82) is 0 Å². The quantitative estimate of drug-likeness (QED) is 0.833. The number of aryl methyl sites for hydroxylation is 1. The van der Waals surface area contributed by atoms with Gasteiger partial charge in [-0.05, 0) is 12.1 Å². The van der Waals surface area contributed by atoms with Crippen LogP contribution in [0.4, 0.5) is 5.69 Å². The van der Waals surface area contributed by atoms with Crippen LogP contribution in [0.1, 0.15) is 21.0 Å². The number of nitrogens with zero attached hydrogens (tertiary/aromatic N) is 3. The molecule has 2 aromatic rings. The Balaban J connectivity index is 2.13. The molecular weight excluding hydrogens is 236 g/mol. The number of nitrogens with one attached hydrogen (secondary N) is 1. The first-order chi connectivity index (χ1) is 8.58. The van der Waals surface area contributed by atoms with Gasteiger partial charge < -0.3 is 15.0 Å². The standard InChI is InChI=1S/C11H10N4O3/c1-15-6-12-5-9(15)10(16)14-7-2-3-8(11(17)18)13-4-7/h2-6H,1H3,(H,14,16)(H,17,18). The zero-order valence-corrected chi connectivity index (χ0v) is 9.49. The first kappa shape index (κ1) is 11.8. The molecule has 7 nitrogen and oxygen atoms in total. The van der Waals surface area contributed by atoms with Crippen molar-refractivity contribution in [3.63, 3.8) is 0 Å². The maximum Gasteiger partial charge on any atom is 0.354 e. The fraction of sp³-hybridized carbons (Fsp3) is 0.0909. The molecule has 2 heterocycles. The average molecular weight is 246 g/mol. The molecule has 0 unspecified atom stereocenters. The first-order valence-electron chi connectivity index (χ1n) is 5.05. The van der Waals surface area contributed by atoms with E-state index < -0.39 is 5.97 Å². The summed E-state index contributed by atoms with van der Waals surface area (Å²) in [5.41, 5.74) is 0.747. The number of aromatic carboxylic acids is 1. The summed E-state index contributed by atoms with van der Waals surface area (Å²) < 4.78 is 1.58. The molecule has 0 spiro atoms. The Morgan fingerprint density at radius 1 is 1.33 bits per heavy atom. The van der Waals surface area contributed by atoms with E-state index in [4.69, 9.17) is 5.11 Å². The van der Waals surface area contributed by atoms with Crippen molar-refractivity contribution >= 4 is 17.6 Å². The maximum absolute atomic E-state index is 11.8. The monoisotopic (exact) mass is 246 g/mol. The van der Waals surface area contributed by atoms with Crippen molar-refractivity contribution in [1.82, 2.24) is 14.5 Å². The number of carboxylic acids is 1. The number of rotatable bonds is 3. The molecule has 1 amide bonds. The van der Waals surface area contributed by atoms with E-state index in [0.29, 0.717) is 11.4 Å². The Kier molecular flexibility index (Phi) is 3.05. The lowest BCUT2D eigenvalue weighted by Crippen LogP contribution is -2.15. The molecule has 0 aliphatic heterocycles. The highest BCUT2D eigenvalue weighted by atomic mass is 16.4. The second-order valence-corrected chi connectivity index (χ2v) is 3.58. The molecule has 2 aromatic heterocycles. The third-order valence-electron chi connectivity index (χ3n) is 2.29. The van der Waals surface area contributed by atoms with Crippen LogP contribution in [-0.2, 0) is 7.05 Å². The maximum atomic E-state index is 11.8. The van der Waals surface area contributed by atoms with Crippen LogP contribution < -0.4 is 5.32 Å². The topological polar surface area (TPSA) is 97.1 Å². The van der Waals surface area contributed by atoms with Crippen LogP contribution in [0.3, 0.4) is 0 Å². The molecule has 0 aliphatic rings. The number of aromatic nitrogens is 3. The molecular formula is C11H10N4O3. The van der Waals surface area contributed by atoms with Gasteiger partial charge in [-0.25, -0.2) is 14.8 Å². The summed E-state index contributed by atoms with van der Waals surface area (Å²) in [6.07, 6.45) is 4.24. The Bertz CT molecular complexity index is 589. The lowest BCUT2D eigenvalue weighted by Gasteiger charge is -2.05. The molecule has 18 heavy (non-hydrogen) atoms. The van der Waals surface area contributed by atoms with E-state index in [-0.39, 0.29) is 11.6 Å². The van der Waals surface area contributed by atoms with Gasteiger partial charge in [0.25, 0.3) is 5.91 Å². The van der Waals surface area contributed by atoms with Crippen LogP contribution in [0.5, 0.6) is 0 Å². The molecule has 2 N–H and O–H groups in total. The van der Waals surface area contributed by atoms with E-state index in [9.17, 15) is 9.59 Å². The van der Waals surface area contributed by atoms with E-state index in [1.54, 1.807) is 11.6 Å². The van der Waals surface area contributed by atoms with Gasteiger partial charge in [-0.2, -0.15) is 0 Å². The van der Waals surface area contributed by atoms with Crippen molar-refractivity contribution in [2.75, 3.05) is 5.32 Å². The second kappa shape index (κ2) is 4.66. The van der Waals surface area contributed by atoms with Gasteiger partial charge in [0.2, 0.25) is 0 Å². The van der Waals surface area contributed by atoms with E-state index in [2.05, 4.69) is 15.3 Å². The van der Waals surface area contributed by atoms with E-state index in [1.807, 2.05) is 0 Å². The fourth-order valence-corrected chi connectivity index (χ4v) is 1.37. The van der Waals surface area contributed by atoms with Crippen molar-refractivity contribution in [3.8, 4) is 0 Å². The number of pyridine rings is 1. The van der Waals surface area contributed by atoms with Crippen LogP contribution >= 0.6 is 0 Å². The Hall–Kier alpha value is -2.70. The highest BCUT2D eigenvalue weighted by molar-refractivity contribution is 6.02. The molecule has 0 saturated carbocycles. The lowest BCUT2D eigenvalue weighted by molar-refractivity contribution is 0.0690. The number of anilines is 1. The number of carbonyl (C=O) groups is 2. The minimum atomic E-state index is -1.11. The van der Waals surface area contributed by atoms with E-state index in [1.165, 1.54) is 30.9 Å². The zero-order valence-electron chi connectivity index (χ0n) is 9.49. The third kappa shape index (κ3) is 2.34. The molecule has 0 fully saturated rings. The van der Waals surface area contributed by atoms with Gasteiger partial charge in [0.1, 0.15) is 11.4 Å². The van der Waals surface area contributed by atoms with E-state index >= 15 is 0 Å². The van der Waals surface area contributed by atoms with Gasteiger partial charge in [0, 0.05) is 7.05 Å². The predicted molar refractivity (Wildman–Crippen MR) is 62.4 cm³/mol. The summed E-state index contributed by atoms with van der Waals surface area (Å²) in [5.74, 6) is -1.45. The largest absolute Gasteiger partial charge is 0.477 e. The molecule has 92 valence electrons. The van der Waals surface area contributed by atoms with Crippen molar-refractivity contribution < 1.29 is 14.7 Å². The Morgan fingerprint density at radius 2 is 2.11 bits per heavy atom. The smallest absolute Gasteiger partial charge is 0.354 e. The number of imidazole rings is 1. The van der Waals surface area contributed by atoms with Crippen molar-refractivity contribution in [2.45, 2.75) is 0 Å². The van der Waals surface area contributed by atoms with Gasteiger partial charge in [-0.3, -0.25) is 4.79 Å². The molecule has 2 rings (SSSR count). The van der Waals surface area contributed by atoms with Gasteiger partial charge in [-0.15, -0.1) is 0 Å². The molecule has 7 heteroatoms. The molecule has 0 bridgehead atoms. The van der Waals surface area contributed by atoms with Crippen LogP contribution in [0.15, 0.2) is 30.9 Å². The highest BCUT2D eigenvalue weighted by Crippen LogP contribution is 2.08. The van der Waals surface area contributed by atoms with Crippen LogP contribution in [-0.4, -0.2) is 31.5 Å². The number of amides is 1. The van der Waals surface area contributed by atoms with Gasteiger partial charge in [0.15, 0.2) is 0 Å². The first-order valence-corrected chi connectivity index (χ1v) is 5.05. The van der Waals surface area contributed by atoms with E-state index in [0.717, 1.165) is 0 Å². The second-order valence-electron chi connectivity index (χ2n) is 3.58. The summed E-state index contributed by atoms with van der Waals surface area (Å²) in [4.78, 5) is 29.9. The fourth-order valence-electron chi connectivity index (χ4n) is 1.37. The number of hydrogen-bond donors (Lipinski definition) is 2. The third-order valence-corrected chi connectivity index (χ3v) is 2.29. The number of carbonyl (C=O) groups excluding carboxylic acids is 1. The SMILES string of the molecule is Cn1cncc1C(=O)Nc1ccc(C(=O)O)nc1. The molecule has 0 aliphatic carbocycles. The summed E-state index contributed by atoms with van der Waals surface area (Å²) in [5, 5.41) is 11.3. The minimum absolute atomic E-state index is 0.0754. The molecule has 0 atom stereocenters. The lowest BCUT2D eigenvalue weighted by atomic mass is 10.3. The summed E-state index contributed by atoms with van der Waals surface area (Å²) in [6.45, 7) is 0. The van der Waals surface area contributed by atoms with Crippen LogP contribution in [0.2, 0.25) is 0 Å². The molecule has 0 radical (unpaired) electrons. The number of carboxylic acid groups (broad SMARTS) is 1. The highest BCUT2D eigenvalue weighted by Gasteiger charge is 2.10.